The van der Waals surface area contributed by atoms with Crippen molar-refractivity contribution in [1.82, 2.24) is 19.8 Å². The van der Waals surface area contributed by atoms with Crippen LogP contribution >= 0.6 is 0 Å². The second-order valence-corrected chi connectivity index (χ2v) is 15.0. The van der Waals surface area contributed by atoms with E-state index in [9.17, 15) is 9.18 Å². The molecule has 1 spiro atoms. The number of nitrogens with one attached hydrogen (secondary N) is 1. The molecule has 2 aliphatic heterocycles. The highest BCUT2D eigenvalue weighted by Gasteiger charge is 2.39. The number of halogens is 1. The van der Waals surface area contributed by atoms with Gasteiger partial charge in [0.1, 0.15) is 17.9 Å². The highest BCUT2D eigenvalue weighted by atomic mass is 19.1. The Morgan fingerprint density at radius 2 is 1.80 bits per heavy atom. The molecule has 9 heteroatoms. The van der Waals surface area contributed by atoms with Crippen LogP contribution in [0.1, 0.15) is 88.6 Å². The van der Waals surface area contributed by atoms with Crippen LogP contribution in [-0.4, -0.2) is 76.5 Å². The molecule has 2 saturated heterocycles. The summed E-state index contributed by atoms with van der Waals surface area (Å²) >= 11 is 0. The van der Waals surface area contributed by atoms with Gasteiger partial charge in [-0.3, -0.25) is 4.79 Å². The molecule has 3 fully saturated rings. The summed E-state index contributed by atoms with van der Waals surface area (Å²) in [5.41, 5.74) is 3.05. The molecule has 3 heterocycles. The molecule has 1 saturated carbocycles. The van der Waals surface area contributed by atoms with Crippen molar-refractivity contribution in [2.45, 2.75) is 90.8 Å². The standard InChI is InChI=1S/C40H53FN6O2/c1-6-30-8-7-9-34(22-30)44-33-12-15-40(16-13-33)17-20-45(21-18-40)25-31-14-19-46(26-31)38-37(24-42-27-43-38)49-36-11-10-32(41)23-35(36)39(48)47(28(2)3)29(4)5/h6-11,22-24,27-29,31,33,44H,1,12-21,25-26H2,2-5H3/t31-/m0/s1. The molecular weight excluding hydrogens is 615 g/mol. The molecule has 1 amide bonds. The van der Waals surface area contributed by atoms with Crippen LogP contribution in [0.15, 0.2) is 61.6 Å². The van der Waals surface area contributed by atoms with Crippen molar-refractivity contribution in [1.29, 1.82) is 0 Å². The number of hydrogen-bond acceptors (Lipinski definition) is 7. The van der Waals surface area contributed by atoms with Crippen LogP contribution < -0.4 is 15.0 Å². The smallest absolute Gasteiger partial charge is 0.258 e. The molecule has 0 unspecified atom stereocenters. The molecule has 1 aromatic heterocycles. The van der Waals surface area contributed by atoms with Gasteiger partial charge in [0.2, 0.25) is 0 Å². The predicted octanol–water partition coefficient (Wildman–Crippen LogP) is 8.27. The molecule has 262 valence electrons. The zero-order chi connectivity index (χ0) is 34.5. The summed E-state index contributed by atoms with van der Waals surface area (Å²) in [4.78, 5) is 29.1. The van der Waals surface area contributed by atoms with Crippen LogP contribution in [0.2, 0.25) is 0 Å². The molecule has 1 N–H and O–H groups in total. The topological polar surface area (TPSA) is 73.8 Å². The number of carbonyl (C=O) groups excluding carboxylic acids is 1. The zero-order valence-corrected chi connectivity index (χ0v) is 29.7. The van der Waals surface area contributed by atoms with Crippen LogP contribution in [0.25, 0.3) is 6.08 Å². The molecule has 0 bridgehead atoms. The summed E-state index contributed by atoms with van der Waals surface area (Å²) < 4.78 is 20.8. The zero-order valence-electron chi connectivity index (χ0n) is 29.7. The summed E-state index contributed by atoms with van der Waals surface area (Å²) in [6.07, 6.45) is 13.8. The van der Waals surface area contributed by atoms with E-state index in [0.717, 1.165) is 31.6 Å². The number of amides is 1. The Hall–Kier alpha value is -3.98. The molecule has 2 aromatic carbocycles. The van der Waals surface area contributed by atoms with Gasteiger partial charge in [0.05, 0.1) is 11.8 Å². The monoisotopic (exact) mass is 668 g/mol. The molecule has 3 aromatic rings. The van der Waals surface area contributed by atoms with E-state index in [4.69, 9.17) is 4.74 Å². The lowest BCUT2D eigenvalue weighted by Crippen LogP contribution is -2.45. The fourth-order valence-electron chi connectivity index (χ4n) is 8.32. The van der Waals surface area contributed by atoms with Crippen molar-refractivity contribution in [2.75, 3.05) is 42.9 Å². The maximum Gasteiger partial charge on any atom is 0.258 e. The van der Waals surface area contributed by atoms with Crippen LogP contribution in [0.5, 0.6) is 11.5 Å². The van der Waals surface area contributed by atoms with Gasteiger partial charge in [0, 0.05) is 43.4 Å². The van der Waals surface area contributed by atoms with Gasteiger partial charge in [-0.05, 0) is 133 Å². The molecule has 6 rings (SSSR count). The second kappa shape index (κ2) is 15.3. The molecule has 1 aliphatic carbocycles. The van der Waals surface area contributed by atoms with Gasteiger partial charge in [-0.1, -0.05) is 24.8 Å². The normalized spacial score (nSPS) is 19.8. The van der Waals surface area contributed by atoms with Gasteiger partial charge in [-0.25, -0.2) is 14.4 Å². The van der Waals surface area contributed by atoms with Crippen molar-refractivity contribution in [3.05, 3.63) is 78.5 Å². The fourth-order valence-corrected chi connectivity index (χ4v) is 8.32. The van der Waals surface area contributed by atoms with Gasteiger partial charge < -0.3 is 24.8 Å². The Morgan fingerprint density at radius 3 is 2.51 bits per heavy atom. The summed E-state index contributed by atoms with van der Waals surface area (Å²) in [7, 11) is 0. The molecule has 49 heavy (non-hydrogen) atoms. The van der Waals surface area contributed by atoms with E-state index in [0.29, 0.717) is 34.7 Å². The van der Waals surface area contributed by atoms with Crippen LogP contribution in [-0.2, 0) is 0 Å². The first-order valence-electron chi connectivity index (χ1n) is 18.2. The van der Waals surface area contributed by atoms with Gasteiger partial charge in [0.15, 0.2) is 11.6 Å². The lowest BCUT2D eigenvalue weighted by atomic mass is 9.67. The first kappa shape index (κ1) is 34.9. The number of rotatable bonds is 11. The maximum atomic E-state index is 14.4. The molecule has 8 nitrogen and oxygen atoms in total. The number of hydrogen-bond donors (Lipinski definition) is 1. The van der Waals surface area contributed by atoms with Crippen LogP contribution in [0, 0.1) is 17.2 Å². The first-order chi connectivity index (χ1) is 23.6. The third-order valence-corrected chi connectivity index (χ3v) is 11.0. The van der Waals surface area contributed by atoms with E-state index in [1.54, 1.807) is 11.1 Å². The number of likely N-dealkylation sites (tertiary alicyclic amines) is 1. The number of piperidine rings is 1. The number of benzene rings is 2. The molecule has 1 atom stereocenters. The third-order valence-electron chi connectivity index (χ3n) is 11.0. The van der Waals surface area contributed by atoms with E-state index < -0.39 is 5.82 Å². The van der Waals surface area contributed by atoms with Gasteiger partial charge in [0.25, 0.3) is 5.91 Å². The Balaban J connectivity index is 1.03. The minimum atomic E-state index is -0.478. The van der Waals surface area contributed by atoms with Crippen molar-refractivity contribution < 1.29 is 13.9 Å². The minimum absolute atomic E-state index is 0.0463. The number of anilines is 2. The average Bonchev–Trinajstić information content (AvgIpc) is 3.56. The quantitative estimate of drug-likeness (QED) is 0.221. The summed E-state index contributed by atoms with van der Waals surface area (Å²) in [6, 6.07) is 13.1. The average molecular weight is 669 g/mol. The van der Waals surface area contributed by atoms with Crippen LogP contribution in [0.4, 0.5) is 15.9 Å². The SMILES string of the molecule is C=Cc1cccc(NC2CCC3(CC2)CCN(C[C@@H]2CCN(c4ncncc4Oc4ccc(F)cc4C(=O)N(C(C)C)C(C)C)C2)CC3)c1. The lowest BCUT2D eigenvalue weighted by Gasteiger charge is -2.46. The van der Waals surface area contributed by atoms with Crippen molar-refractivity contribution in [3.63, 3.8) is 0 Å². The molecular formula is C40H53FN6O2. The first-order valence-corrected chi connectivity index (χ1v) is 18.2. The third kappa shape index (κ3) is 8.26. The summed E-state index contributed by atoms with van der Waals surface area (Å²) in [5.74, 6) is 1.29. The van der Waals surface area contributed by atoms with Gasteiger partial charge in [-0.2, -0.15) is 0 Å². The minimum Gasteiger partial charge on any atom is -0.451 e. The Kier molecular flexibility index (Phi) is 10.9. The lowest BCUT2D eigenvalue weighted by molar-refractivity contribution is 0.0584. The predicted molar refractivity (Wildman–Crippen MR) is 196 cm³/mol. The molecule has 0 radical (unpaired) electrons. The Bertz CT molecular complexity index is 1590. The van der Waals surface area contributed by atoms with Crippen LogP contribution in [0.3, 0.4) is 0 Å². The number of carbonyl (C=O) groups is 1. The van der Waals surface area contributed by atoms with E-state index in [1.165, 1.54) is 81.8 Å². The number of aromatic nitrogens is 2. The Labute approximate surface area is 291 Å². The highest BCUT2D eigenvalue weighted by molar-refractivity contribution is 5.97. The number of nitrogens with zero attached hydrogens (tertiary/aromatic N) is 5. The number of ether oxygens (including phenoxy) is 1. The van der Waals surface area contributed by atoms with Gasteiger partial charge >= 0.3 is 0 Å². The van der Waals surface area contributed by atoms with E-state index in [-0.39, 0.29) is 23.6 Å². The Morgan fingerprint density at radius 1 is 1.04 bits per heavy atom. The maximum absolute atomic E-state index is 14.4. The van der Waals surface area contributed by atoms with Crippen molar-refractivity contribution in [2.24, 2.45) is 11.3 Å². The summed E-state index contributed by atoms with van der Waals surface area (Å²) in [6.45, 7) is 16.9. The largest absolute Gasteiger partial charge is 0.451 e. The van der Waals surface area contributed by atoms with E-state index in [2.05, 4.69) is 55.9 Å². The second-order valence-electron chi connectivity index (χ2n) is 15.0. The highest BCUT2D eigenvalue weighted by Crippen LogP contribution is 2.45. The van der Waals surface area contributed by atoms with Crippen molar-refractivity contribution in [3.8, 4) is 11.5 Å². The van der Waals surface area contributed by atoms with Gasteiger partial charge in [-0.15, -0.1) is 0 Å². The van der Waals surface area contributed by atoms with E-state index >= 15 is 0 Å². The van der Waals surface area contributed by atoms with E-state index in [1.807, 2.05) is 33.8 Å². The fraction of sp³-hybridized carbons (Fsp3) is 0.525. The summed E-state index contributed by atoms with van der Waals surface area (Å²) in [5, 5.41) is 3.78. The molecule has 3 aliphatic rings. The van der Waals surface area contributed by atoms with Crippen molar-refractivity contribution >= 4 is 23.5 Å².